The van der Waals surface area contributed by atoms with E-state index in [0.717, 1.165) is 48.6 Å². The molecule has 5 heteroatoms. The highest BCUT2D eigenvalue weighted by atomic mass is 35.5. The van der Waals surface area contributed by atoms with Crippen molar-refractivity contribution in [2.45, 2.75) is 31.7 Å². The summed E-state index contributed by atoms with van der Waals surface area (Å²) in [5.41, 5.74) is 3.45. The second-order valence-electron chi connectivity index (χ2n) is 7.66. The summed E-state index contributed by atoms with van der Waals surface area (Å²) in [7, 11) is 0. The van der Waals surface area contributed by atoms with Crippen molar-refractivity contribution >= 4 is 28.4 Å². The number of nitrogens with one attached hydrogen (secondary N) is 1. The molecule has 2 atom stereocenters. The molecule has 1 aliphatic heterocycles. The normalized spacial score (nSPS) is 16.4. The molecule has 0 unspecified atom stereocenters. The van der Waals surface area contributed by atoms with Gasteiger partial charge in [-0.2, -0.15) is 0 Å². The first kappa shape index (κ1) is 19.0. The van der Waals surface area contributed by atoms with Gasteiger partial charge in [0, 0.05) is 35.2 Å². The SMILES string of the molecule is C[C@H]([NH2+]C[C@H](c1ccccc1Cl)c1c[nH]c2ccccc12)C(=O)N1CCCC1. The molecule has 3 aromatic rings. The molecule has 1 aliphatic rings. The Bertz CT molecular complexity index is 961. The number of H-pyrrole nitrogens is 1. The van der Waals surface area contributed by atoms with Gasteiger partial charge in [0.2, 0.25) is 0 Å². The number of quaternary nitrogens is 1. The quantitative estimate of drug-likeness (QED) is 0.658. The summed E-state index contributed by atoms with van der Waals surface area (Å²) in [6.45, 7) is 4.58. The molecule has 0 saturated carbocycles. The lowest BCUT2D eigenvalue weighted by molar-refractivity contribution is -0.675. The summed E-state index contributed by atoms with van der Waals surface area (Å²) in [6, 6.07) is 16.3. The molecule has 1 fully saturated rings. The van der Waals surface area contributed by atoms with Crippen LogP contribution in [0.3, 0.4) is 0 Å². The number of carbonyl (C=O) groups is 1. The van der Waals surface area contributed by atoms with Crippen LogP contribution in [0.4, 0.5) is 0 Å². The van der Waals surface area contributed by atoms with Gasteiger partial charge in [-0.25, -0.2) is 0 Å². The molecular weight excluding hydrogens is 370 g/mol. The van der Waals surface area contributed by atoms with Crippen molar-refractivity contribution in [1.29, 1.82) is 0 Å². The van der Waals surface area contributed by atoms with Crippen LogP contribution in [0.1, 0.15) is 36.8 Å². The van der Waals surface area contributed by atoms with Gasteiger partial charge in [-0.15, -0.1) is 0 Å². The number of nitrogens with zero attached hydrogens (tertiary/aromatic N) is 1. The largest absolute Gasteiger partial charge is 0.361 e. The number of fused-ring (bicyclic) bond motifs is 1. The third-order valence-electron chi connectivity index (χ3n) is 5.81. The van der Waals surface area contributed by atoms with Gasteiger partial charge in [-0.05, 0) is 43.0 Å². The lowest BCUT2D eigenvalue weighted by Crippen LogP contribution is -2.92. The number of nitrogens with two attached hydrogens (primary N) is 1. The van der Waals surface area contributed by atoms with Crippen LogP contribution in [-0.4, -0.2) is 41.5 Å². The van der Waals surface area contributed by atoms with E-state index in [9.17, 15) is 4.79 Å². The van der Waals surface area contributed by atoms with Crippen LogP contribution in [0.25, 0.3) is 10.9 Å². The lowest BCUT2D eigenvalue weighted by Gasteiger charge is -2.22. The fraction of sp³-hybridized carbons (Fsp3) is 0.348. The van der Waals surface area contributed by atoms with Gasteiger partial charge in [0.05, 0.1) is 12.5 Å². The Morgan fingerprint density at radius 2 is 1.82 bits per heavy atom. The van der Waals surface area contributed by atoms with Gasteiger partial charge < -0.3 is 15.2 Å². The standard InChI is InChI=1S/C23H26ClN3O/c1-16(23(28)27-12-6-7-13-27)25-14-19(17-8-2-4-10-21(17)24)20-15-26-22-11-5-3-9-18(20)22/h2-5,8-11,15-16,19,25-26H,6-7,12-14H2,1H3/p+1/t16-,19+/m0/s1. The number of aromatic amines is 1. The van der Waals surface area contributed by atoms with Crippen LogP contribution in [0.15, 0.2) is 54.7 Å². The average molecular weight is 397 g/mol. The van der Waals surface area contributed by atoms with Gasteiger partial charge in [-0.3, -0.25) is 4.79 Å². The van der Waals surface area contributed by atoms with E-state index in [1.807, 2.05) is 36.1 Å². The predicted octanol–water partition coefficient (Wildman–Crippen LogP) is 3.53. The zero-order valence-electron chi connectivity index (χ0n) is 16.2. The predicted molar refractivity (Wildman–Crippen MR) is 114 cm³/mol. The molecule has 1 amide bonds. The highest BCUT2D eigenvalue weighted by Crippen LogP contribution is 2.33. The summed E-state index contributed by atoms with van der Waals surface area (Å²) in [5.74, 6) is 0.355. The molecule has 0 aliphatic carbocycles. The molecular formula is C23H27ClN3O+. The molecule has 4 rings (SSSR count). The second kappa shape index (κ2) is 8.38. The van der Waals surface area contributed by atoms with Gasteiger partial charge in [0.25, 0.3) is 5.91 Å². The summed E-state index contributed by atoms with van der Waals surface area (Å²) in [6.07, 6.45) is 4.32. The first-order valence-corrected chi connectivity index (χ1v) is 10.5. The van der Waals surface area contributed by atoms with Crippen molar-refractivity contribution in [2.24, 2.45) is 0 Å². The lowest BCUT2D eigenvalue weighted by atomic mass is 9.90. The fourth-order valence-corrected chi connectivity index (χ4v) is 4.50. The molecule has 0 radical (unpaired) electrons. The van der Waals surface area contributed by atoms with E-state index < -0.39 is 0 Å². The molecule has 1 saturated heterocycles. The number of hydrogen-bond acceptors (Lipinski definition) is 1. The Labute approximate surface area is 170 Å². The second-order valence-corrected chi connectivity index (χ2v) is 8.06. The van der Waals surface area contributed by atoms with Crippen LogP contribution in [-0.2, 0) is 4.79 Å². The monoisotopic (exact) mass is 396 g/mol. The van der Waals surface area contributed by atoms with Crippen LogP contribution in [0.2, 0.25) is 5.02 Å². The number of para-hydroxylation sites is 1. The van der Waals surface area contributed by atoms with Crippen molar-refractivity contribution in [3.63, 3.8) is 0 Å². The van der Waals surface area contributed by atoms with Crippen LogP contribution < -0.4 is 5.32 Å². The zero-order chi connectivity index (χ0) is 19.5. The van der Waals surface area contributed by atoms with E-state index in [0.29, 0.717) is 0 Å². The highest BCUT2D eigenvalue weighted by molar-refractivity contribution is 6.31. The van der Waals surface area contributed by atoms with E-state index in [2.05, 4.69) is 40.8 Å². The average Bonchev–Trinajstić information content (AvgIpc) is 3.39. The number of amides is 1. The molecule has 4 nitrogen and oxygen atoms in total. The Morgan fingerprint density at radius 3 is 2.61 bits per heavy atom. The van der Waals surface area contributed by atoms with E-state index in [1.165, 1.54) is 10.9 Å². The number of halogens is 1. The zero-order valence-corrected chi connectivity index (χ0v) is 17.0. The topological polar surface area (TPSA) is 52.7 Å². The fourth-order valence-electron chi connectivity index (χ4n) is 4.23. The number of likely N-dealkylation sites (tertiary alicyclic amines) is 1. The van der Waals surface area contributed by atoms with Crippen molar-refractivity contribution in [2.75, 3.05) is 19.6 Å². The van der Waals surface area contributed by atoms with E-state index >= 15 is 0 Å². The van der Waals surface area contributed by atoms with Crippen molar-refractivity contribution in [3.8, 4) is 0 Å². The molecule has 1 aromatic heterocycles. The molecule has 0 spiro atoms. The minimum Gasteiger partial charge on any atom is -0.361 e. The number of carbonyl (C=O) groups excluding carboxylic acids is 1. The van der Waals surface area contributed by atoms with Crippen molar-refractivity contribution < 1.29 is 10.1 Å². The molecule has 2 heterocycles. The van der Waals surface area contributed by atoms with Crippen molar-refractivity contribution in [3.05, 3.63) is 70.9 Å². The summed E-state index contributed by atoms with van der Waals surface area (Å²) < 4.78 is 0. The number of rotatable bonds is 6. The maximum atomic E-state index is 12.7. The maximum absolute atomic E-state index is 12.7. The minimum atomic E-state index is -0.0895. The number of aromatic nitrogens is 1. The van der Waals surface area contributed by atoms with Gasteiger partial charge in [0.15, 0.2) is 6.04 Å². The molecule has 146 valence electrons. The molecule has 3 N–H and O–H groups in total. The number of hydrogen-bond donors (Lipinski definition) is 2. The Kier molecular flexibility index (Phi) is 5.69. The molecule has 0 bridgehead atoms. The summed E-state index contributed by atoms with van der Waals surface area (Å²) in [5, 5.41) is 4.14. The van der Waals surface area contributed by atoms with Gasteiger partial charge in [-0.1, -0.05) is 48.0 Å². The highest BCUT2D eigenvalue weighted by Gasteiger charge is 2.28. The summed E-state index contributed by atoms with van der Waals surface area (Å²) >= 11 is 6.57. The number of benzene rings is 2. The first-order chi connectivity index (χ1) is 13.6. The Hall–Kier alpha value is -2.30. The minimum absolute atomic E-state index is 0.0895. The van der Waals surface area contributed by atoms with E-state index in [4.69, 9.17) is 11.6 Å². The first-order valence-electron chi connectivity index (χ1n) is 10.1. The van der Waals surface area contributed by atoms with Crippen LogP contribution >= 0.6 is 11.6 Å². The van der Waals surface area contributed by atoms with Crippen LogP contribution in [0, 0.1) is 0 Å². The Morgan fingerprint density at radius 1 is 1.11 bits per heavy atom. The van der Waals surface area contributed by atoms with E-state index in [-0.39, 0.29) is 17.9 Å². The third-order valence-corrected chi connectivity index (χ3v) is 6.15. The van der Waals surface area contributed by atoms with E-state index in [1.54, 1.807) is 0 Å². The molecule has 2 aromatic carbocycles. The smallest absolute Gasteiger partial charge is 0.280 e. The maximum Gasteiger partial charge on any atom is 0.280 e. The van der Waals surface area contributed by atoms with Gasteiger partial charge >= 0.3 is 0 Å². The Balaban J connectivity index is 1.60. The summed E-state index contributed by atoms with van der Waals surface area (Å²) in [4.78, 5) is 18.1. The van der Waals surface area contributed by atoms with Gasteiger partial charge in [0.1, 0.15) is 0 Å². The van der Waals surface area contributed by atoms with Crippen LogP contribution in [0.5, 0.6) is 0 Å². The third kappa shape index (κ3) is 3.80. The molecule has 28 heavy (non-hydrogen) atoms. The van der Waals surface area contributed by atoms with Crippen molar-refractivity contribution in [1.82, 2.24) is 9.88 Å².